The van der Waals surface area contributed by atoms with E-state index >= 15 is 0 Å². The van der Waals surface area contributed by atoms with Crippen molar-refractivity contribution in [1.82, 2.24) is 9.80 Å². The first-order valence-electron chi connectivity index (χ1n) is 9.70. The molecule has 0 bridgehead atoms. The lowest BCUT2D eigenvalue weighted by Crippen LogP contribution is -2.56. The van der Waals surface area contributed by atoms with E-state index in [1.165, 1.54) is 0 Å². The zero-order chi connectivity index (χ0) is 19.2. The number of benzene rings is 2. The Bertz CT molecular complexity index is 731. The molecule has 27 heavy (non-hydrogen) atoms. The SMILES string of the molecule is CC[C@H]1CN(C(=O)Nc2ccc(-c3ccccc3)cc2)CCN1C[C@H](C)O. The molecule has 1 aliphatic rings. The Morgan fingerprint density at radius 2 is 1.78 bits per heavy atom. The van der Waals surface area contributed by atoms with Gasteiger partial charge in [-0.25, -0.2) is 4.79 Å². The van der Waals surface area contributed by atoms with Gasteiger partial charge in [-0.2, -0.15) is 0 Å². The molecule has 3 rings (SSSR count). The van der Waals surface area contributed by atoms with Crippen molar-refractivity contribution >= 4 is 11.7 Å². The van der Waals surface area contributed by atoms with Gasteiger partial charge in [0.15, 0.2) is 0 Å². The maximum absolute atomic E-state index is 12.7. The fourth-order valence-corrected chi connectivity index (χ4v) is 3.62. The lowest BCUT2D eigenvalue weighted by molar-refractivity contribution is 0.0507. The van der Waals surface area contributed by atoms with Gasteiger partial charge in [-0.1, -0.05) is 49.4 Å². The Hall–Kier alpha value is -2.37. The molecule has 5 heteroatoms. The van der Waals surface area contributed by atoms with Crippen LogP contribution in [0.4, 0.5) is 10.5 Å². The number of nitrogens with zero attached hydrogens (tertiary/aromatic N) is 2. The Morgan fingerprint density at radius 1 is 1.11 bits per heavy atom. The molecule has 5 nitrogen and oxygen atoms in total. The van der Waals surface area contributed by atoms with E-state index in [4.69, 9.17) is 0 Å². The molecule has 2 aromatic carbocycles. The second kappa shape index (κ2) is 9.02. The maximum atomic E-state index is 12.7. The average Bonchev–Trinajstić information content (AvgIpc) is 2.69. The van der Waals surface area contributed by atoms with Crippen LogP contribution in [0.2, 0.25) is 0 Å². The highest BCUT2D eigenvalue weighted by Crippen LogP contribution is 2.21. The number of hydrogen-bond donors (Lipinski definition) is 2. The van der Waals surface area contributed by atoms with Gasteiger partial charge in [0, 0.05) is 37.9 Å². The number of carbonyl (C=O) groups excluding carboxylic acids is 1. The van der Waals surface area contributed by atoms with Crippen LogP contribution in [-0.4, -0.2) is 59.3 Å². The third kappa shape index (κ3) is 5.08. The third-order valence-corrected chi connectivity index (χ3v) is 5.11. The minimum atomic E-state index is -0.345. The molecule has 144 valence electrons. The molecule has 0 aromatic heterocycles. The summed E-state index contributed by atoms with van der Waals surface area (Å²) in [6.07, 6.45) is 0.616. The number of β-amino-alcohol motifs (C(OH)–C–C–N with tert-alkyl or cyclic N) is 1. The quantitative estimate of drug-likeness (QED) is 0.848. The molecule has 1 fully saturated rings. The summed E-state index contributed by atoms with van der Waals surface area (Å²) in [5.74, 6) is 0. The minimum Gasteiger partial charge on any atom is -0.392 e. The summed E-state index contributed by atoms with van der Waals surface area (Å²) in [7, 11) is 0. The fraction of sp³-hybridized carbons (Fsp3) is 0.409. The Kier molecular flexibility index (Phi) is 6.48. The standard InChI is InChI=1S/C22H29N3O2/c1-3-21-16-25(14-13-24(21)15-17(2)26)22(27)23-20-11-9-19(10-12-20)18-7-5-4-6-8-18/h4-12,17,21,26H,3,13-16H2,1-2H3,(H,23,27)/t17-,21-/m0/s1. The number of carbonyl (C=O) groups is 1. The largest absolute Gasteiger partial charge is 0.392 e. The lowest BCUT2D eigenvalue weighted by Gasteiger charge is -2.41. The normalized spacial score (nSPS) is 18.9. The molecule has 0 radical (unpaired) electrons. The highest BCUT2D eigenvalue weighted by atomic mass is 16.3. The van der Waals surface area contributed by atoms with Crippen molar-refractivity contribution in [3.63, 3.8) is 0 Å². The van der Waals surface area contributed by atoms with Gasteiger partial charge in [0.25, 0.3) is 0 Å². The van der Waals surface area contributed by atoms with Crippen LogP contribution in [0, 0.1) is 0 Å². The van der Waals surface area contributed by atoms with E-state index < -0.39 is 0 Å². The van der Waals surface area contributed by atoms with Crippen molar-refractivity contribution in [2.45, 2.75) is 32.4 Å². The zero-order valence-corrected chi connectivity index (χ0v) is 16.1. The smallest absolute Gasteiger partial charge is 0.321 e. The number of nitrogens with one attached hydrogen (secondary N) is 1. The van der Waals surface area contributed by atoms with Gasteiger partial charge in [0.1, 0.15) is 0 Å². The lowest BCUT2D eigenvalue weighted by atomic mass is 10.1. The number of piperazine rings is 1. The second-order valence-electron chi connectivity index (χ2n) is 7.23. The predicted molar refractivity (Wildman–Crippen MR) is 110 cm³/mol. The van der Waals surface area contributed by atoms with Crippen LogP contribution in [0.3, 0.4) is 0 Å². The van der Waals surface area contributed by atoms with Crippen molar-refractivity contribution in [3.05, 3.63) is 54.6 Å². The molecule has 0 saturated carbocycles. The summed E-state index contributed by atoms with van der Waals surface area (Å²) < 4.78 is 0. The number of anilines is 1. The number of urea groups is 1. The molecule has 0 unspecified atom stereocenters. The number of aliphatic hydroxyl groups excluding tert-OH is 1. The molecule has 2 amide bonds. The van der Waals surface area contributed by atoms with Gasteiger partial charge in [0.2, 0.25) is 0 Å². The summed E-state index contributed by atoms with van der Waals surface area (Å²) in [4.78, 5) is 16.8. The van der Waals surface area contributed by atoms with E-state index in [0.717, 1.165) is 29.8 Å². The number of aliphatic hydroxyl groups is 1. The Balaban J connectivity index is 1.59. The number of rotatable bonds is 5. The van der Waals surface area contributed by atoms with E-state index in [1.54, 1.807) is 0 Å². The summed E-state index contributed by atoms with van der Waals surface area (Å²) >= 11 is 0. The number of hydrogen-bond acceptors (Lipinski definition) is 3. The van der Waals surface area contributed by atoms with Crippen molar-refractivity contribution in [2.75, 3.05) is 31.5 Å². The topological polar surface area (TPSA) is 55.8 Å². The molecule has 1 saturated heterocycles. The summed E-state index contributed by atoms with van der Waals surface area (Å²) in [6, 6.07) is 18.4. The molecule has 0 aliphatic carbocycles. The van der Waals surface area contributed by atoms with Gasteiger partial charge >= 0.3 is 6.03 Å². The summed E-state index contributed by atoms with van der Waals surface area (Å²) in [6.45, 7) is 6.77. The van der Waals surface area contributed by atoms with Gasteiger partial charge in [-0.05, 0) is 36.6 Å². The van der Waals surface area contributed by atoms with Crippen molar-refractivity contribution in [2.24, 2.45) is 0 Å². The molecule has 2 atom stereocenters. The van der Waals surface area contributed by atoms with Gasteiger partial charge in [-0.3, -0.25) is 4.90 Å². The first kappa shape index (κ1) is 19.4. The first-order valence-corrected chi connectivity index (χ1v) is 9.70. The highest BCUT2D eigenvalue weighted by molar-refractivity contribution is 5.89. The van der Waals surface area contributed by atoms with Crippen LogP contribution >= 0.6 is 0 Å². The van der Waals surface area contributed by atoms with E-state index in [-0.39, 0.29) is 12.1 Å². The average molecular weight is 367 g/mol. The molecule has 0 spiro atoms. The van der Waals surface area contributed by atoms with Gasteiger partial charge < -0.3 is 15.3 Å². The van der Waals surface area contributed by atoms with Crippen LogP contribution in [0.5, 0.6) is 0 Å². The van der Waals surface area contributed by atoms with Crippen LogP contribution in [0.1, 0.15) is 20.3 Å². The highest BCUT2D eigenvalue weighted by Gasteiger charge is 2.28. The molecule has 1 aliphatic heterocycles. The van der Waals surface area contributed by atoms with E-state index in [0.29, 0.717) is 25.7 Å². The first-order chi connectivity index (χ1) is 13.1. The minimum absolute atomic E-state index is 0.0578. The summed E-state index contributed by atoms with van der Waals surface area (Å²) in [5.41, 5.74) is 3.10. The van der Waals surface area contributed by atoms with E-state index in [2.05, 4.69) is 29.3 Å². The van der Waals surface area contributed by atoms with E-state index in [1.807, 2.05) is 54.3 Å². The van der Waals surface area contributed by atoms with Crippen molar-refractivity contribution in [1.29, 1.82) is 0 Å². The molecule has 2 aromatic rings. The third-order valence-electron chi connectivity index (χ3n) is 5.11. The zero-order valence-electron chi connectivity index (χ0n) is 16.1. The maximum Gasteiger partial charge on any atom is 0.321 e. The Labute approximate surface area is 161 Å². The van der Waals surface area contributed by atoms with Gasteiger partial charge in [0.05, 0.1) is 6.10 Å². The fourth-order valence-electron chi connectivity index (χ4n) is 3.62. The Morgan fingerprint density at radius 3 is 2.41 bits per heavy atom. The molecular formula is C22H29N3O2. The van der Waals surface area contributed by atoms with Gasteiger partial charge in [-0.15, -0.1) is 0 Å². The monoisotopic (exact) mass is 367 g/mol. The molecule has 1 heterocycles. The van der Waals surface area contributed by atoms with Crippen molar-refractivity contribution in [3.8, 4) is 11.1 Å². The number of amides is 2. The second-order valence-corrected chi connectivity index (χ2v) is 7.23. The predicted octanol–water partition coefficient (Wildman–Crippen LogP) is 3.66. The van der Waals surface area contributed by atoms with Crippen LogP contribution in [0.15, 0.2) is 54.6 Å². The summed E-state index contributed by atoms with van der Waals surface area (Å²) in [5, 5.41) is 12.7. The van der Waals surface area contributed by atoms with Crippen LogP contribution < -0.4 is 5.32 Å². The van der Waals surface area contributed by atoms with E-state index in [9.17, 15) is 9.90 Å². The van der Waals surface area contributed by atoms with Crippen molar-refractivity contribution < 1.29 is 9.90 Å². The molecular weight excluding hydrogens is 338 g/mol. The molecule has 2 N–H and O–H groups in total. The van der Waals surface area contributed by atoms with Crippen LogP contribution in [0.25, 0.3) is 11.1 Å². The van der Waals surface area contributed by atoms with Crippen LogP contribution in [-0.2, 0) is 0 Å².